The SMILES string of the molecule is C1=CC(C2=c3ccccc3=C3C2=c2ccccc2=C3c2ccccc2)c2ccccc21. The molecule has 4 aromatic carbocycles. The van der Waals surface area contributed by atoms with Crippen LogP contribution in [0.4, 0.5) is 0 Å². The molecule has 31 heavy (non-hydrogen) atoms. The molecule has 1 unspecified atom stereocenters. The highest BCUT2D eigenvalue weighted by molar-refractivity contribution is 6.30. The normalized spacial score (nSPS) is 17.6. The molecule has 0 N–H and O–H groups in total. The number of benzene rings is 4. The first-order valence-electron chi connectivity index (χ1n) is 10.9. The lowest BCUT2D eigenvalue weighted by Gasteiger charge is -2.17. The van der Waals surface area contributed by atoms with E-state index in [9.17, 15) is 0 Å². The topological polar surface area (TPSA) is 0 Å². The standard InChI is InChI=1S/C31H20/c1-2-11-21(12-3-1)28-23-14-6-8-16-25(23)31-29(24-15-7-9-17-26(24)30(28)31)27-19-18-20-10-4-5-13-22(20)27/h1-19,27H. The summed E-state index contributed by atoms with van der Waals surface area (Å²) in [5.74, 6) is 0.285. The van der Waals surface area contributed by atoms with Gasteiger partial charge in [-0.25, -0.2) is 0 Å². The van der Waals surface area contributed by atoms with E-state index in [1.807, 2.05) is 0 Å². The lowest BCUT2D eigenvalue weighted by atomic mass is 9.86. The van der Waals surface area contributed by atoms with Gasteiger partial charge in [0.15, 0.2) is 0 Å². The van der Waals surface area contributed by atoms with E-state index >= 15 is 0 Å². The molecule has 3 aliphatic rings. The summed E-state index contributed by atoms with van der Waals surface area (Å²) in [5.41, 5.74) is 9.67. The van der Waals surface area contributed by atoms with Crippen molar-refractivity contribution in [1.82, 2.24) is 0 Å². The summed E-state index contributed by atoms with van der Waals surface area (Å²) in [7, 11) is 0. The van der Waals surface area contributed by atoms with E-state index in [1.54, 1.807) is 0 Å². The molecule has 7 rings (SSSR count). The lowest BCUT2D eigenvalue weighted by molar-refractivity contribution is 1.14. The average Bonchev–Trinajstić information content (AvgIpc) is 3.49. The van der Waals surface area contributed by atoms with E-state index in [4.69, 9.17) is 0 Å². The zero-order valence-electron chi connectivity index (χ0n) is 17.0. The van der Waals surface area contributed by atoms with E-state index in [1.165, 1.54) is 59.9 Å². The van der Waals surface area contributed by atoms with Crippen molar-refractivity contribution in [2.75, 3.05) is 0 Å². The maximum atomic E-state index is 2.38. The third-order valence-corrected chi connectivity index (χ3v) is 6.89. The first-order chi connectivity index (χ1) is 15.4. The minimum atomic E-state index is 0.285. The second kappa shape index (κ2) is 6.30. The fourth-order valence-electron chi connectivity index (χ4n) is 5.66. The number of rotatable bonds is 2. The Morgan fingerprint density at radius 1 is 0.452 bits per heavy atom. The van der Waals surface area contributed by atoms with Gasteiger partial charge in [0.1, 0.15) is 0 Å². The van der Waals surface area contributed by atoms with Gasteiger partial charge in [-0.05, 0) is 59.9 Å². The second-order valence-corrected chi connectivity index (χ2v) is 8.46. The van der Waals surface area contributed by atoms with E-state index < -0.39 is 0 Å². The van der Waals surface area contributed by atoms with Crippen LogP contribution in [0.3, 0.4) is 0 Å². The van der Waals surface area contributed by atoms with Crippen LogP contribution in [0.25, 0.3) is 28.4 Å². The van der Waals surface area contributed by atoms with Crippen molar-refractivity contribution in [3.05, 3.63) is 147 Å². The summed E-state index contributed by atoms with van der Waals surface area (Å²) < 4.78 is 0. The minimum absolute atomic E-state index is 0.285. The number of hydrogen-bond acceptors (Lipinski definition) is 0. The zero-order valence-corrected chi connectivity index (χ0v) is 17.0. The lowest BCUT2D eigenvalue weighted by Crippen LogP contribution is -2.29. The van der Waals surface area contributed by atoms with Gasteiger partial charge in [0.2, 0.25) is 0 Å². The third kappa shape index (κ3) is 2.25. The molecule has 1 atom stereocenters. The first kappa shape index (κ1) is 16.8. The molecular formula is C31H20. The Morgan fingerprint density at radius 3 is 1.81 bits per heavy atom. The Hall–Kier alpha value is -3.90. The number of hydrogen-bond donors (Lipinski definition) is 0. The van der Waals surface area contributed by atoms with Crippen LogP contribution in [0.5, 0.6) is 0 Å². The summed E-state index contributed by atoms with van der Waals surface area (Å²) in [4.78, 5) is 0. The molecule has 0 heterocycles. The van der Waals surface area contributed by atoms with Gasteiger partial charge in [0.25, 0.3) is 0 Å². The molecule has 0 aliphatic heterocycles. The van der Waals surface area contributed by atoms with Crippen molar-refractivity contribution in [2.24, 2.45) is 0 Å². The van der Waals surface area contributed by atoms with Gasteiger partial charge in [0, 0.05) is 5.92 Å². The molecule has 0 saturated carbocycles. The Balaban J connectivity index is 1.64. The van der Waals surface area contributed by atoms with Crippen molar-refractivity contribution in [3.8, 4) is 0 Å². The third-order valence-electron chi connectivity index (χ3n) is 6.89. The minimum Gasteiger partial charge on any atom is -0.0720 e. The Morgan fingerprint density at radius 2 is 1.03 bits per heavy atom. The van der Waals surface area contributed by atoms with E-state index in [-0.39, 0.29) is 5.92 Å². The monoisotopic (exact) mass is 392 g/mol. The second-order valence-electron chi connectivity index (χ2n) is 8.46. The zero-order chi connectivity index (χ0) is 20.4. The molecule has 0 fully saturated rings. The van der Waals surface area contributed by atoms with Crippen molar-refractivity contribution in [3.63, 3.8) is 0 Å². The molecule has 3 aliphatic carbocycles. The molecule has 0 radical (unpaired) electrons. The summed E-state index contributed by atoms with van der Waals surface area (Å²) in [6.07, 6.45) is 4.67. The summed E-state index contributed by atoms with van der Waals surface area (Å²) in [6, 6.07) is 37.6. The van der Waals surface area contributed by atoms with Crippen LogP contribution >= 0.6 is 0 Å². The number of fused-ring (bicyclic) bond motifs is 4. The smallest absolute Gasteiger partial charge is 0.0291 e. The highest BCUT2D eigenvalue weighted by Gasteiger charge is 2.33. The average molecular weight is 393 g/mol. The Kier molecular flexibility index (Phi) is 3.42. The Labute approximate surface area is 181 Å². The van der Waals surface area contributed by atoms with Gasteiger partial charge < -0.3 is 0 Å². The van der Waals surface area contributed by atoms with Crippen molar-refractivity contribution in [1.29, 1.82) is 0 Å². The van der Waals surface area contributed by atoms with Gasteiger partial charge in [-0.2, -0.15) is 0 Å². The number of allylic oxidation sites excluding steroid dienone is 1. The maximum Gasteiger partial charge on any atom is 0.0291 e. The molecule has 0 nitrogen and oxygen atoms in total. The van der Waals surface area contributed by atoms with Crippen LogP contribution in [-0.2, 0) is 0 Å². The molecular weight excluding hydrogens is 372 g/mol. The summed E-state index contributed by atoms with van der Waals surface area (Å²) in [5, 5.41) is 5.45. The van der Waals surface area contributed by atoms with Gasteiger partial charge >= 0.3 is 0 Å². The van der Waals surface area contributed by atoms with E-state index in [0.29, 0.717) is 0 Å². The first-order valence-corrected chi connectivity index (χ1v) is 10.9. The molecule has 144 valence electrons. The molecule has 4 aromatic rings. The van der Waals surface area contributed by atoms with E-state index in [2.05, 4.69) is 115 Å². The van der Waals surface area contributed by atoms with Crippen LogP contribution < -0.4 is 20.9 Å². The molecule has 0 amide bonds. The molecule has 0 aromatic heterocycles. The van der Waals surface area contributed by atoms with Gasteiger partial charge in [0.05, 0.1) is 0 Å². The Bertz CT molecular complexity index is 1660. The van der Waals surface area contributed by atoms with Crippen LogP contribution in [0, 0.1) is 0 Å². The molecule has 0 saturated heterocycles. The summed E-state index contributed by atoms with van der Waals surface area (Å²) >= 11 is 0. The fourth-order valence-corrected chi connectivity index (χ4v) is 5.66. The summed E-state index contributed by atoms with van der Waals surface area (Å²) in [6.45, 7) is 0. The maximum absolute atomic E-state index is 2.38. The van der Waals surface area contributed by atoms with Crippen molar-refractivity contribution < 1.29 is 0 Å². The van der Waals surface area contributed by atoms with E-state index in [0.717, 1.165) is 0 Å². The van der Waals surface area contributed by atoms with Crippen LogP contribution in [0.15, 0.2) is 109 Å². The van der Waals surface area contributed by atoms with Crippen LogP contribution in [0.2, 0.25) is 0 Å². The largest absolute Gasteiger partial charge is 0.0720 e. The van der Waals surface area contributed by atoms with Gasteiger partial charge in [-0.1, -0.05) is 115 Å². The van der Waals surface area contributed by atoms with Gasteiger partial charge in [-0.3, -0.25) is 0 Å². The van der Waals surface area contributed by atoms with Crippen LogP contribution in [0.1, 0.15) is 22.6 Å². The highest BCUT2D eigenvalue weighted by Crippen LogP contribution is 2.45. The highest BCUT2D eigenvalue weighted by atomic mass is 14.4. The van der Waals surface area contributed by atoms with Gasteiger partial charge in [-0.15, -0.1) is 0 Å². The fraction of sp³-hybridized carbons (Fsp3) is 0.0323. The predicted octanol–water partition coefficient (Wildman–Crippen LogP) is 3.88. The predicted molar refractivity (Wildman–Crippen MR) is 129 cm³/mol. The van der Waals surface area contributed by atoms with Crippen LogP contribution in [-0.4, -0.2) is 0 Å². The quantitative estimate of drug-likeness (QED) is 0.486. The molecule has 0 spiro atoms. The van der Waals surface area contributed by atoms with Crippen molar-refractivity contribution >= 4 is 28.4 Å². The molecule has 0 heteroatoms. The molecule has 0 bridgehead atoms. The van der Waals surface area contributed by atoms with Crippen molar-refractivity contribution in [2.45, 2.75) is 5.92 Å².